The predicted molar refractivity (Wildman–Crippen MR) is 58.4 cm³/mol. The summed E-state index contributed by atoms with van der Waals surface area (Å²) in [5.41, 5.74) is 0.729. The molecule has 82 valence electrons. The number of hydrogen-bond acceptors (Lipinski definition) is 3. The Morgan fingerprint density at radius 1 is 1.20 bits per heavy atom. The number of hydrogen-bond donors (Lipinski definition) is 0. The normalized spacial score (nSPS) is 10.0. The molecule has 0 aliphatic carbocycles. The molecule has 3 heteroatoms. The largest absolute Gasteiger partial charge is 0.497 e. The summed E-state index contributed by atoms with van der Waals surface area (Å²) < 4.78 is 9.91. The second kappa shape index (κ2) is 6.19. The van der Waals surface area contributed by atoms with Crippen LogP contribution in [0.25, 0.3) is 0 Å². The van der Waals surface area contributed by atoms with Crippen LogP contribution in [0.1, 0.15) is 23.2 Å². The molecule has 0 bridgehead atoms. The Balaban J connectivity index is 2.50. The first-order valence-electron chi connectivity index (χ1n) is 4.94. The predicted octanol–water partition coefficient (Wildman–Crippen LogP) is 2.30. The van der Waals surface area contributed by atoms with Gasteiger partial charge in [0.2, 0.25) is 0 Å². The molecule has 15 heavy (non-hydrogen) atoms. The molecule has 0 amide bonds. The Morgan fingerprint density at radius 3 is 2.40 bits per heavy atom. The van der Waals surface area contributed by atoms with Crippen molar-refractivity contribution in [2.24, 2.45) is 0 Å². The molecule has 0 aliphatic heterocycles. The number of carbonyl (C=O) groups is 1. The summed E-state index contributed by atoms with van der Waals surface area (Å²) in [6.07, 6.45) is 1.29. The molecule has 1 rings (SSSR count). The lowest BCUT2D eigenvalue weighted by molar-refractivity contribution is 0.0963. The highest BCUT2D eigenvalue weighted by Crippen LogP contribution is 2.13. The standard InChI is InChI=1S/C12H16O3/c1-14-9-3-4-12(13)10-5-7-11(15-2)8-6-10/h5-8H,3-4,9H2,1-2H3. The number of Topliss-reactive ketones (excluding diaryl/α,β-unsaturated/α-hetero) is 1. The highest BCUT2D eigenvalue weighted by atomic mass is 16.5. The highest BCUT2D eigenvalue weighted by Gasteiger charge is 2.04. The quantitative estimate of drug-likeness (QED) is 0.531. The van der Waals surface area contributed by atoms with Gasteiger partial charge < -0.3 is 9.47 Å². The van der Waals surface area contributed by atoms with Crippen LogP contribution in [0.2, 0.25) is 0 Å². The van der Waals surface area contributed by atoms with Crippen LogP contribution in [0.15, 0.2) is 24.3 Å². The number of benzene rings is 1. The molecule has 0 heterocycles. The van der Waals surface area contributed by atoms with Crippen LogP contribution >= 0.6 is 0 Å². The summed E-state index contributed by atoms with van der Waals surface area (Å²) in [7, 11) is 3.24. The first-order chi connectivity index (χ1) is 7.27. The Labute approximate surface area is 90.0 Å². The van der Waals surface area contributed by atoms with Gasteiger partial charge in [0.25, 0.3) is 0 Å². The third-order valence-corrected chi connectivity index (χ3v) is 2.16. The van der Waals surface area contributed by atoms with Crippen molar-refractivity contribution in [2.45, 2.75) is 12.8 Å². The summed E-state index contributed by atoms with van der Waals surface area (Å²) in [5.74, 6) is 0.915. The van der Waals surface area contributed by atoms with Crippen LogP contribution in [0, 0.1) is 0 Å². The molecule has 3 nitrogen and oxygen atoms in total. The van der Waals surface area contributed by atoms with Gasteiger partial charge in [-0.05, 0) is 30.7 Å². The summed E-state index contributed by atoms with van der Waals surface area (Å²) in [6.45, 7) is 0.627. The molecule has 0 unspecified atom stereocenters. The fourth-order valence-electron chi connectivity index (χ4n) is 1.30. The SMILES string of the molecule is COCCCC(=O)c1ccc(OC)cc1. The van der Waals surface area contributed by atoms with E-state index in [-0.39, 0.29) is 5.78 Å². The van der Waals surface area contributed by atoms with Crippen LogP contribution in [0.4, 0.5) is 0 Å². The molecule has 1 aromatic carbocycles. The first kappa shape index (κ1) is 11.7. The summed E-state index contributed by atoms with van der Waals surface area (Å²) in [5, 5.41) is 0. The number of carbonyl (C=O) groups excluding carboxylic acids is 1. The van der Waals surface area contributed by atoms with Crippen LogP contribution < -0.4 is 4.74 Å². The van der Waals surface area contributed by atoms with Crippen molar-refractivity contribution in [2.75, 3.05) is 20.8 Å². The van der Waals surface area contributed by atoms with Crippen molar-refractivity contribution in [3.8, 4) is 5.75 Å². The smallest absolute Gasteiger partial charge is 0.162 e. The molecule has 0 aliphatic rings. The average Bonchev–Trinajstić information content (AvgIpc) is 2.29. The van der Waals surface area contributed by atoms with Crippen LogP contribution in [-0.2, 0) is 4.74 Å². The van der Waals surface area contributed by atoms with E-state index in [2.05, 4.69) is 0 Å². The van der Waals surface area contributed by atoms with Gasteiger partial charge >= 0.3 is 0 Å². The number of ether oxygens (including phenoxy) is 2. The van der Waals surface area contributed by atoms with Gasteiger partial charge in [-0.1, -0.05) is 0 Å². The third-order valence-electron chi connectivity index (χ3n) is 2.16. The van der Waals surface area contributed by atoms with Gasteiger partial charge in [-0.3, -0.25) is 4.79 Å². The number of ketones is 1. The summed E-state index contributed by atoms with van der Waals surface area (Å²) in [4.78, 5) is 11.6. The zero-order chi connectivity index (χ0) is 11.1. The molecule has 0 fully saturated rings. The lowest BCUT2D eigenvalue weighted by Gasteiger charge is -2.02. The second-order valence-corrected chi connectivity index (χ2v) is 3.25. The molecule has 1 aromatic rings. The topological polar surface area (TPSA) is 35.5 Å². The Hall–Kier alpha value is -1.35. The molecule has 0 aromatic heterocycles. The van der Waals surface area contributed by atoms with Gasteiger partial charge in [-0.15, -0.1) is 0 Å². The molecule has 0 saturated heterocycles. The van der Waals surface area contributed by atoms with E-state index in [0.29, 0.717) is 13.0 Å². The minimum absolute atomic E-state index is 0.148. The fraction of sp³-hybridized carbons (Fsp3) is 0.417. The van der Waals surface area contributed by atoms with Gasteiger partial charge in [-0.2, -0.15) is 0 Å². The molecular formula is C12H16O3. The van der Waals surface area contributed by atoms with Gasteiger partial charge in [0.15, 0.2) is 5.78 Å². The van der Waals surface area contributed by atoms with E-state index >= 15 is 0 Å². The zero-order valence-corrected chi connectivity index (χ0v) is 9.16. The van der Waals surface area contributed by atoms with E-state index in [1.807, 2.05) is 0 Å². The zero-order valence-electron chi connectivity index (χ0n) is 9.16. The summed E-state index contributed by atoms with van der Waals surface area (Å²) in [6, 6.07) is 7.16. The van der Waals surface area contributed by atoms with Crippen molar-refractivity contribution in [3.63, 3.8) is 0 Å². The molecule has 0 saturated carbocycles. The van der Waals surface area contributed by atoms with Gasteiger partial charge in [0.05, 0.1) is 7.11 Å². The minimum Gasteiger partial charge on any atom is -0.497 e. The Kier molecular flexibility index (Phi) is 4.84. The number of methoxy groups -OCH3 is 2. The van der Waals surface area contributed by atoms with Crippen LogP contribution in [0.5, 0.6) is 5.75 Å². The lowest BCUT2D eigenvalue weighted by Crippen LogP contribution is -2.01. The van der Waals surface area contributed by atoms with E-state index in [1.54, 1.807) is 38.5 Å². The molecule has 0 N–H and O–H groups in total. The monoisotopic (exact) mass is 208 g/mol. The van der Waals surface area contributed by atoms with E-state index in [9.17, 15) is 4.79 Å². The maximum atomic E-state index is 11.6. The summed E-state index contributed by atoms with van der Waals surface area (Å²) >= 11 is 0. The maximum absolute atomic E-state index is 11.6. The molecule has 0 radical (unpaired) electrons. The van der Waals surface area contributed by atoms with Crippen molar-refractivity contribution < 1.29 is 14.3 Å². The van der Waals surface area contributed by atoms with Crippen molar-refractivity contribution in [1.29, 1.82) is 0 Å². The van der Waals surface area contributed by atoms with E-state index in [0.717, 1.165) is 17.7 Å². The third kappa shape index (κ3) is 3.72. The highest BCUT2D eigenvalue weighted by molar-refractivity contribution is 5.96. The maximum Gasteiger partial charge on any atom is 0.162 e. The van der Waals surface area contributed by atoms with Gasteiger partial charge in [0, 0.05) is 25.7 Å². The van der Waals surface area contributed by atoms with Crippen molar-refractivity contribution >= 4 is 5.78 Å². The lowest BCUT2D eigenvalue weighted by atomic mass is 10.1. The second-order valence-electron chi connectivity index (χ2n) is 3.25. The minimum atomic E-state index is 0.148. The van der Waals surface area contributed by atoms with Crippen LogP contribution in [-0.4, -0.2) is 26.6 Å². The molecule has 0 atom stereocenters. The van der Waals surface area contributed by atoms with E-state index in [1.165, 1.54) is 0 Å². The Bertz CT molecular complexity index is 303. The van der Waals surface area contributed by atoms with Gasteiger partial charge in [0.1, 0.15) is 5.75 Å². The van der Waals surface area contributed by atoms with Crippen molar-refractivity contribution in [3.05, 3.63) is 29.8 Å². The fourth-order valence-corrected chi connectivity index (χ4v) is 1.30. The number of rotatable bonds is 6. The molecular weight excluding hydrogens is 192 g/mol. The molecule has 0 spiro atoms. The van der Waals surface area contributed by atoms with E-state index < -0.39 is 0 Å². The Morgan fingerprint density at radius 2 is 1.87 bits per heavy atom. The van der Waals surface area contributed by atoms with Gasteiger partial charge in [-0.25, -0.2) is 0 Å². The first-order valence-corrected chi connectivity index (χ1v) is 4.94. The van der Waals surface area contributed by atoms with E-state index in [4.69, 9.17) is 9.47 Å². The average molecular weight is 208 g/mol. The van der Waals surface area contributed by atoms with Crippen molar-refractivity contribution in [1.82, 2.24) is 0 Å². The van der Waals surface area contributed by atoms with Crippen LogP contribution in [0.3, 0.4) is 0 Å².